The molecule has 120 valence electrons. The lowest BCUT2D eigenvalue weighted by Crippen LogP contribution is -2.39. The third-order valence-electron chi connectivity index (χ3n) is 4.31. The van der Waals surface area contributed by atoms with Gasteiger partial charge in [0, 0.05) is 25.2 Å². The largest absolute Gasteiger partial charge is 0.313 e. The minimum atomic E-state index is 0.454. The standard InChI is InChI=1S/C19H34N2/c1-6-18(7-2)21(15-16(3)4)14-13-19(20-5)17-11-9-8-10-12-17/h8-12,16,18-20H,6-7,13-15H2,1-5H3. The van der Waals surface area contributed by atoms with Crippen LogP contribution in [0.1, 0.15) is 58.6 Å². The van der Waals surface area contributed by atoms with Crippen molar-refractivity contribution >= 4 is 0 Å². The molecule has 1 aromatic rings. The van der Waals surface area contributed by atoms with Gasteiger partial charge in [0.15, 0.2) is 0 Å². The van der Waals surface area contributed by atoms with Crippen LogP contribution in [0.2, 0.25) is 0 Å². The average molecular weight is 290 g/mol. The van der Waals surface area contributed by atoms with E-state index in [0.717, 1.165) is 12.0 Å². The lowest BCUT2D eigenvalue weighted by molar-refractivity contribution is 0.158. The van der Waals surface area contributed by atoms with E-state index in [-0.39, 0.29) is 0 Å². The van der Waals surface area contributed by atoms with Crippen LogP contribution in [0.4, 0.5) is 0 Å². The minimum absolute atomic E-state index is 0.454. The molecule has 1 atom stereocenters. The molecule has 2 heteroatoms. The van der Waals surface area contributed by atoms with Gasteiger partial charge in [-0.1, -0.05) is 58.0 Å². The fourth-order valence-electron chi connectivity index (χ4n) is 3.15. The van der Waals surface area contributed by atoms with Crippen LogP contribution in [0.15, 0.2) is 30.3 Å². The lowest BCUT2D eigenvalue weighted by Gasteiger charge is -2.33. The van der Waals surface area contributed by atoms with E-state index in [1.54, 1.807) is 0 Å². The Hall–Kier alpha value is -0.860. The number of rotatable bonds is 10. The van der Waals surface area contributed by atoms with Gasteiger partial charge in [-0.25, -0.2) is 0 Å². The normalized spacial score (nSPS) is 13.3. The van der Waals surface area contributed by atoms with Gasteiger partial charge in [-0.05, 0) is 37.8 Å². The Morgan fingerprint density at radius 3 is 2.14 bits per heavy atom. The summed E-state index contributed by atoms with van der Waals surface area (Å²) in [7, 11) is 2.07. The highest BCUT2D eigenvalue weighted by Crippen LogP contribution is 2.19. The zero-order valence-corrected chi connectivity index (χ0v) is 14.6. The van der Waals surface area contributed by atoms with Crippen molar-refractivity contribution in [2.24, 2.45) is 5.92 Å². The molecule has 0 aliphatic carbocycles. The van der Waals surface area contributed by atoms with Crippen molar-refractivity contribution in [3.05, 3.63) is 35.9 Å². The maximum absolute atomic E-state index is 3.48. The van der Waals surface area contributed by atoms with Gasteiger partial charge in [0.25, 0.3) is 0 Å². The summed E-state index contributed by atoms with van der Waals surface area (Å²) >= 11 is 0. The van der Waals surface area contributed by atoms with Gasteiger partial charge in [0.05, 0.1) is 0 Å². The molecule has 0 aromatic heterocycles. The molecule has 2 nitrogen and oxygen atoms in total. The van der Waals surface area contributed by atoms with Crippen LogP contribution in [0.5, 0.6) is 0 Å². The highest BCUT2D eigenvalue weighted by atomic mass is 15.2. The van der Waals surface area contributed by atoms with Crippen LogP contribution in [0.3, 0.4) is 0 Å². The van der Waals surface area contributed by atoms with Crippen molar-refractivity contribution in [3.63, 3.8) is 0 Å². The number of nitrogens with one attached hydrogen (secondary N) is 1. The van der Waals surface area contributed by atoms with Gasteiger partial charge in [-0.15, -0.1) is 0 Å². The van der Waals surface area contributed by atoms with Crippen LogP contribution in [0, 0.1) is 5.92 Å². The van der Waals surface area contributed by atoms with Crippen LogP contribution in [-0.4, -0.2) is 31.1 Å². The number of hydrogen-bond donors (Lipinski definition) is 1. The Morgan fingerprint density at radius 2 is 1.67 bits per heavy atom. The van der Waals surface area contributed by atoms with E-state index < -0.39 is 0 Å². The van der Waals surface area contributed by atoms with E-state index in [1.807, 2.05) is 0 Å². The van der Waals surface area contributed by atoms with Crippen LogP contribution < -0.4 is 5.32 Å². The summed E-state index contributed by atoms with van der Waals surface area (Å²) in [5.74, 6) is 0.732. The molecule has 0 bridgehead atoms. The van der Waals surface area contributed by atoms with E-state index in [0.29, 0.717) is 6.04 Å². The maximum Gasteiger partial charge on any atom is 0.0329 e. The number of benzene rings is 1. The van der Waals surface area contributed by atoms with E-state index in [2.05, 4.69) is 75.3 Å². The van der Waals surface area contributed by atoms with Gasteiger partial charge in [0.1, 0.15) is 0 Å². The van der Waals surface area contributed by atoms with Crippen molar-refractivity contribution in [1.82, 2.24) is 10.2 Å². The summed E-state index contributed by atoms with van der Waals surface area (Å²) in [6, 6.07) is 12.0. The Balaban J connectivity index is 2.65. The van der Waals surface area contributed by atoms with E-state index in [1.165, 1.54) is 37.9 Å². The zero-order valence-electron chi connectivity index (χ0n) is 14.6. The highest BCUT2D eigenvalue weighted by Gasteiger charge is 2.18. The zero-order chi connectivity index (χ0) is 15.7. The molecule has 1 N–H and O–H groups in total. The van der Waals surface area contributed by atoms with Crippen molar-refractivity contribution in [3.8, 4) is 0 Å². The van der Waals surface area contributed by atoms with E-state index >= 15 is 0 Å². The van der Waals surface area contributed by atoms with Crippen LogP contribution in [-0.2, 0) is 0 Å². The Morgan fingerprint density at radius 1 is 1.05 bits per heavy atom. The molecular weight excluding hydrogens is 256 g/mol. The molecule has 0 heterocycles. The maximum atomic E-state index is 3.48. The summed E-state index contributed by atoms with van der Waals surface area (Å²) in [5.41, 5.74) is 1.40. The molecule has 1 unspecified atom stereocenters. The van der Waals surface area contributed by atoms with E-state index in [9.17, 15) is 0 Å². The predicted octanol–water partition coefficient (Wildman–Crippen LogP) is 4.48. The molecule has 0 spiro atoms. The molecule has 0 aliphatic heterocycles. The Labute approximate surface area is 131 Å². The number of nitrogens with zero attached hydrogens (tertiary/aromatic N) is 1. The first-order valence-corrected chi connectivity index (χ1v) is 8.58. The van der Waals surface area contributed by atoms with Gasteiger partial charge >= 0.3 is 0 Å². The fourth-order valence-corrected chi connectivity index (χ4v) is 3.15. The van der Waals surface area contributed by atoms with Gasteiger partial charge in [0.2, 0.25) is 0 Å². The first-order valence-electron chi connectivity index (χ1n) is 8.58. The van der Waals surface area contributed by atoms with E-state index in [4.69, 9.17) is 0 Å². The number of hydrogen-bond acceptors (Lipinski definition) is 2. The van der Waals surface area contributed by atoms with Crippen LogP contribution in [0.25, 0.3) is 0 Å². The third kappa shape index (κ3) is 6.19. The molecular formula is C19H34N2. The average Bonchev–Trinajstić information content (AvgIpc) is 2.49. The fraction of sp³-hybridized carbons (Fsp3) is 0.684. The second kappa shape index (κ2) is 9.97. The molecule has 0 fully saturated rings. The highest BCUT2D eigenvalue weighted by molar-refractivity contribution is 5.18. The second-order valence-corrected chi connectivity index (χ2v) is 6.40. The predicted molar refractivity (Wildman–Crippen MR) is 93.6 cm³/mol. The monoisotopic (exact) mass is 290 g/mol. The molecule has 0 saturated carbocycles. The van der Waals surface area contributed by atoms with Crippen molar-refractivity contribution in [1.29, 1.82) is 0 Å². The summed E-state index contributed by atoms with van der Waals surface area (Å²) in [6.45, 7) is 11.6. The molecule has 0 saturated heterocycles. The molecule has 0 amide bonds. The molecule has 0 radical (unpaired) electrons. The van der Waals surface area contributed by atoms with Crippen molar-refractivity contribution in [2.45, 2.75) is 59.0 Å². The van der Waals surface area contributed by atoms with Crippen molar-refractivity contribution in [2.75, 3.05) is 20.1 Å². The quantitative estimate of drug-likeness (QED) is 0.683. The Bertz CT molecular complexity index is 357. The summed E-state index contributed by atoms with van der Waals surface area (Å²) < 4.78 is 0. The van der Waals surface area contributed by atoms with Crippen LogP contribution >= 0.6 is 0 Å². The topological polar surface area (TPSA) is 15.3 Å². The molecule has 21 heavy (non-hydrogen) atoms. The Kier molecular flexibility index (Phi) is 8.63. The van der Waals surface area contributed by atoms with Crippen molar-refractivity contribution < 1.29 is 0 Å². The SMILES string of the molecule is CCC(CC)N(CCC(NC)c1ccccc1)CC(C)C. The minimum Gasteiger partial charge on any atom is -0.313 e. The molecule has 1 aromatic carbocycles. The van der Waals surface area contributed by atoms with Gasteiger partial charge in [-0.3, -0.25) is 0 Å². The lowest BCUT2D eigenvalue weighted by atomic mass is 10.0. The van der Waals surface area contributed by atoms with Gasteiger partial charge < -0.3 is 10.2 Å². The second-order valence-electron chi connectivity index (χ2n) is 6.40. The third-order valence-corrected chi connectivity index (χ3v) is 4.31. The smallest absolute Gasteiger partial charge is 0.0329 e. The summed E-state index contributed by atoms with van der Waals surface area (Å²) in [4.78, 5) is 2.69. The van der Waals surface area contributed by atoms with Gasteiger partial charge in [-0.2, -0.15) is 0 Å². The first kappa shape index (κ1) is 18.2. The summed E-state index contributed by atoms with van der Waals surface area (Å²) in [6.07, 6.45) is 3.67. The molecule has 0 aliphatic rings. The molecule has 1 rings (SSSR count). The first-order chi connectivity index (χ1) is 10.1. The summed E-state index contributed by atoms with van der Waals surface area (Å²) in [5, 5.41) is 3.48.